The summed E-state index contributed by atoms with van der Waals surface area (Å²) in [5.41, 5.74) is 13.1. The van der Waals surface area contributed by atoms with Gasteiger partial charge in [0.1, 0.15) is 0 Å². The zero-order chi connectivity index (χ0) is 27.9. The molecule has 2 aromatic carbocycles. The molecule has 4 fully saturated rings. The molecule has 6 aliphatic carbocycles. The number of rotatable bonds is 4. The number of allylic oxidation sites excluding steroid dienone is 2. The van der Waals surface area contributed by atoms with Crippen LogP contribution in [0.4, 0.5) is 0 Å². The van der Waals surface area contributed by atoms with Crippen LogP contribution in [0, 0.1) is 34.5 Å². The maximum absolute atomic E-state index is 6.35. The van der Waals surface area contributed by atoms with Crippen molar-refractivity contribution in [3.05, 3.63) is 94.1 Å². The zero-order valence-corrected chi connectivity index (χ0v) is 25.7. The van der Waals surface area contributed by atoms with Crippen molar-refractivity contribution in [2.24, 2.45) is 34.5 Å². The van der Waals surface area contributed by atoms with Gasteiger partial charge in [0, 0.05) is 0 Å². The molecule has 41 heavy (non-hydrogen) atoms. The Hall–Kier alpha value is -2.12. The molecule has 6 aliphatic rings. The molecule has 1 heteroatoms. The zero-order valence-electron chi connectivity index (χ0n) is 25.7. The Morgan fingerprint density at radius 3 is 1.56 bits per heavy atom. The van der Waals surface area contributed by atoms with Crippen LogP contribution >= 0.6 is 0 Å². The first-order valence-electron chi connectivity index (χ1n) is 17.0. The summed E-state index contributed by atoms with van der Waals surface area (Å²) >= 11 is 0. The number of hydrogen-bond donors (Lipinski definition) is 0. The predicted octanol–water partition coefficient (Wildman–Crippen LogP) is 10.2. The lowest BCUT2D eigenvalue weighted by atomic mass is 9.55. The van der Waals surface area contributed by atoms with Crippen molar-refractivity contribution < 1.29 is 4.74 Å². The van der Waals surface area contributed by atoms with Crippen molar-refractivity contribution in [1.29, 1.82) is 0 Å². The largest absolute Gasteiger partial charge is 0.372 e. The molecule has 0 unspecified atom stereocenters. The van der Waals surface area contributed by atoms with E-state index in [2.05, 4.69) is 63.4 Å². The van der Waals surface area contributed by atoms with E-state index in [4.69, 9.17) is 4.74 Å². The summed E-state index contributed by atoms with van der Waals surface area (Å²) in [5.74, 6) is 4.95. The number of benzene rings is 2. The van der Waals surface area contributed by atoms with Crippen LogP contribution in [0.5, 0.6) is 0 Å². The van der Waals surface area contributed by atoms with Crippen LogP contribution in [0.15, 0.2) is 60.7 Å². The van der Waals surface area contributed by atoms with E-state index in [1.165, 1.54) is 88.2 Å². The molecule has 0 spiro atoms. The Balaban J connectivity index is 0.912. The van der Waals surface area contributed by atoms with E-state index in [1.54, 1.807) is 33.4 Å². The second-order valence-electron chi connectivity index (χ2n) is 15.6. The number of ether oxygens (including phenoxy) is 1. The average molecular weight is 547 g/mol. The van der Waals surface area contributed by atoms with Gasteiger partial charge in [-0.25, -0.2) is 0 Å². The minimum Gasteiger partial charge on any atom is -0.372 e. The lowest BCUT2D eigenvalue weighted by Crippen LogP contribution is -2.40. The number of hydrogen-bond acceptors (Lipinski definition) is 1. The van der Waals surface area contributed by atoms with Crippen molar-refractivity contribution >= 4 is 0 Å². The number of fused-ring (bicyclic) bond motifs is 10. The molecular formula is C40H50O. The first kappa shape index (κ1) is 26.5. The predicted molar refractivity (Wildman–Crippen MR) is 169 cm³/mol. The maximum atomic E-state index is 6.35. The summed E-state index contributed by atoms with van der Waals surface area (Å²) < 4.78 is 6.35. The van der Waals surface area contributed by atoms with Crippen LogP contribution in [0.1, 0.15) is 123 Å². The summed E-state index contributed by atoms with van der Waals surface area (Å²) in [6.45, 7) is 15.5. The van der Waals surface area contributed by atoms with Gasteiger partial charge in [0.15, 0.2) is 0 Å². The van der Waals surface area contributed by atoms with E-state index >= 15 is 0 Å². The lowest BCUT2D eigenvalue weighted by Gasteiger charge is -2.49. The molecule has 0 heterocycles. The highest BCUT2D eigenvalue weighted by molar-refractivity contribution is 5.40. The molecule has 0 aromatic heterocycles. The third kappa shape index (κ3) is 4.04. The normalized spacial score (nSPS) is 38.9. The minimum atomic E-state index is 0.411. The average Bonchev–Trinajstić information content (AvgIpc) is 3.46. The fourth-order valence-electron chi connectivity index (χ4n) is 11.6. The SMILES string of the molecule is C=C1CC[C@H]2[C@@H]3CCc4cc(COCc5ccc6c(c5)CC[C@@H]5[C@@H]6CC[C@]6(C)C(=C)CC[C@@H]56)ccc4[C@H]3CC[C@]12C. The molecule has 1 nitrogen and oxygen atoms in total. The summed E-state index contributed by atoms with van der Waals surface area (Å²) in [5, 5.41) is 0. The van der Waals surface area contributed by atoms with E-state index in [0.717, 1.165) is 35.5 Å². The second-order valence-corrected chi connectivity index (χ2v) is 15.6. The van der Waals surface area contributed by atoms with Gasteiger partial charge in [0.2, 0.25) is 0 Å². The topological polar surface area (TPSA) is 9.23 Å². The molecule has 8 rings (SSSR count). The molecule has 0 amide bonds. The van der Waals surface area contributed by atoms with Gasteiger partial charge in [-0.1, -0.05) is 74.5 Å². The quantitative estimate of drug-likeness (QED) is 0.347. The Bertz CT molecular complexity index is 1290. The van der Waals surface area contributed by atoms with Crippen molar-refractivity contribution in [3.8, 4) is 0 Å². The Morgan fingerprint density at radius 2 is 1.10 bits per heavy atom. The van der Waals surface area contributed by atoms with E-state index < -0.39 is 0 Å². The molecule has 0 radical (unpaired) electrons. The molecule has 4 saturated carbocycles. The van der Waals surface area contributed by atoms with E-state index in [9.17, 15) is 0 Å². The van der Waals surface area contributed by atoms with Crippen molar-refractivity contribution in [1.82, 2.24) is 0 Å². The fraction of sp³-hybridized carbons (Fsp3) is 0.600. The smallest absolute Gasteiger partial charge is 0.0721 e. The molecule has 0 N–H and O–H groups in total. The summed E-state index contributed by atoms with van der Waals surface area (Å²) in [6.07, 6.45) is 15.8. The van der Waals surface area contributed by atoms with Gasteiger partial charge in [-0.15, -0.1) is 0 Å². The van der Waals surface area contributed by atoms with Crippen molar-refractivity contribution in [2.45, 2.75) is 116 Å². The van der Waals surface area contributed by atoms with Crippen LogP contribution in [0.2, 0.25) is 0 Å². The number of aryl methyl sites for hydroxylation is 2. The van der Waals surface area contributed by atoms with Gasteiger partial charge < -0.3 is 4.74 Å². The van der Waals surface area contributed by atoms with Crippen LogP contribution in [-0.4, -0.2) is 0 Å². The highest BCUT2D eigenvalue weighted by Gasteiger charge is 2.53. The Labute approximate surface area is 248 Å². The highest BCUT2D eigenvalue weighted by Crippen LogP contribution is 2.63. The second kappa shape index (κ2) is 9.70. The first-order chi connectivity index (χ1) is 19.8. The Kier molecular flexibility index (Phi) is 6.27. The third-order valence-corrected chi connectivity index (χ3v) is 14.0. The van der Waals surface area contributed by atoms with Crippen molar-refractivity contribution in [3.63, 3.8) is 0 Å². The van der Waals surface area contributed by atoms with Gasteiger partial charge >= 0.3 is 0 Å². The van der Waals surface area contributed by atoms with Gasteiger partial charge in [0.05, 0.1) is 13.2 Å². The molecule has 0 aliphatic heterocycles. The maximum Gasteiger partial charge on any atom is 0.0721 e. The first-order valence-corrected chi connectivity index (χ1v) is 17.0. The summed E-state index contributed by atoms with van der Waals surface area (Å²) in [4.78, 5) is 0. The van der Waals surface area contributed by atoms with Crippen LogP contribution < -0.4 is 0 Å². The monoisotopic (exact) mass is 546 g/mol. The van der Waals surface area contributed by atoms with Gasteiger partial charge in [-0.2, -0.15) is 0 Å². The summed E-state index contributed by atoms with van der Waals surface area (Å²) in [6, 6.07) is 14.6. The van der Waals surface area contributed by atoms with Gasteiger partial charge in [-0.05, 0) is 157 Å². The molecule has 2 aromatic rings. The Morgan fingerprint density at radius 1 is 0.634 bits per heavy atom. The van der Waals surface area contributed by atoms with Crippen LogP contribution in [0.25, 0.3) is 0 Å². The molecule has 0 saturated heterocycles. The van der Waals surface area contributed by atoms with Gasteiger partial charge in [-0.3, -0.25) is 0 Å². The molecular weight excluding hydrogens is 496 g/mol. The fourth-order valence-corrected chi connectivity index (χ4v) is 11.6. The van der Waals surface area contributed by atoms with E-state index in [0.29, 0.717) is 24.0 Å². The van der Waals surface area contributed by atoms with E-state index in [1.807, 2.05) is 0 Å². The third-order valence-electron chi connectivity index (χ3n) is 14.0. The highest BCUT2D eigenvalue weighted by atomic mass is 16.5. The minimum absolute atomic E-state index is 0.411. The lowest BCUT2D eigenvalue weighted by molar-refractivity contribution is 0.0812. The van der Waals surface area contributed by atoms with Gasteiger partial charge in [0.25, 0.3) is 0 Å². The summed E-state index contributed by atoms with van der Waals surface area (Å²) in [7, 11) is 0. The molecule has 8 atom stereocenters. The van der Waals surface area contributed by atoms with E-state index in [-0.39, 0.29) is 0 Å². The van der Waals surface area contributed by atoms with Crippen molar-refractivity contribution in [2.75, 3.05) is 0 Å². The molecule has 0 bridgehead atoms. The standard InChI is InChI=1S/C40H50O/c1-25-5-15-37-35-13-9-29-21-27(7-11-31(29)33(35)17-19-39(25,37)3)23-41-24-28-8-12-32-30(22-28)10-14-36-34(32)18-20-40(4)26(2)6-16-38(36)40/h7-8,11-12,21-22,33-38H,1-2,5-6,9-10,13-20,23-24H2,3-4H3/t33-,34-,35-,36-,37+,38+,39-,40-/m1/s1. The molecule has 216 valence electrons. The van der Waals surface area contributed by atoms with Crippen LogP contribution in [-0.2, 0) is 30.8 Å². The van der Waals surface area contributed by atoms with Crippen LogP contribution in [0.3, 0.4) is 0 Å².